The van der Waals surface area contributed by atoms with Crippen LogP contribution in [-0.4, -0.2) is 6.54 Å². The Morgan fingerprint density at radius 3 is 2.61 bits per heavy atom. The van der Waals surface area contributed by atoms with Crippen LogP contribution in [0.4, 0.5) is 4.39 Å². The van der Waals surface area contributed by atoms with Gasteiger partial charge < -0.3 is 5.32 Å². The first-order valence-electron chi connectivity index (χ1n) is 6.17. The van der Waals surface area contributed by atoms with Crippen molar-refractivity contribution in [3.05, 3.63) is 57.0 Å². The zero-order valence-corrected chi connectivity index (χ0v) is 11.8. The van der Waals surface area contributed by atoms with Crippen LogP contribution >= 0.6 is 11.3 Å². The third-order valence-corrected chi connectivity index (χ3v) is 4.15. The number of halogens is 1. The van der Waals surface area contributed by atoms with Crippen molar-refractivity contribution < 1.29 is 4.39 Å². The van der Waals surface area contributed by atoms with E-state index in [-0.39, 0.29) is 11.9 Å². The molecule has 1 aromatic carbocycles. The number of nitrogens with one attached hydrogen (secondary N) is 1. The van der Waals surface area contributed by atoms with Crippen LogP contribution in [0.25, 0.3) is 0 Å². The van der Waals surface area contributed by atoms with Crippen molar-refractivity contribution >= 4 is 11.3 Å². The highest BCUT2D eigenvalue weighted by Crippen LogP contribution is 2.32. The Hall–Kier alpha value is -1.19. The number of hydrogen-bond donors (Lipinski definition) is 1. The summed E-state index contributed by atoms with van der Waals surface area (Å²) in [5.41, 5.74) is 2.26. The van der Waals surface area contributed by atoms with E-state index in [4.69, 9.17) is 0 Å². The fourth-order valence-corrected chi connectivity index (χ4v) is 3.34. The minimum atomic E-state index is -0.179. The lowest BCUT2D eigenvalue weighted by Gasteiger charge is -2.18. The summed E-state index contributed by atoms with van der Waals surface area (Å²) in [6, 6.07) is 9.12. The molecule has 2 rings (SSSR count). The SMILES string of the molecule is CCNC(c1cccc(F)c1)c1sc(C)cc1C. The number of aryl methyl sites for hydroxylation is 2. The van der Waals surface area contributed by atoms with Crippen molar-refractivity contribution in [3.63, 3.8) is 0 Å². The zero-order chi connectivity index (χ0) is 13.1. The molecule has 3 heteroatoms. The fraction of sp³-hybridized carbons (Fsp3) is 0.333. The monoisotopic (exact) mass is 263 g/mol. The second-order valence-corrected chi connectivity index (χ2v) is 5.74. The Labute approximate surface area is 112 Å². The molecule has 0 aliphatic carbocycles. The first kappa shape index (κ1) is 13.2. The normalized spacial score (nSPS) is 12.7. The molecule has 0 aliphatic heterocycles. The van der Waals surface area contributed by atoms with Gasteiger partial charge in [-0.1, -0.05) is 19.1 Å². The van der Waals surface area contributed by atoms with Crippen LogP contribution < -0.4 is 5.32 Å². The minimum Gasteiger partial charge on any atom is -0.306 e. The highest BCUT2D eigenvalue weighted by Gasteiger charge is 2.17. The maximum absolute atomic E-state index is 13.4. The maximum Gasteiger partial charge on any atom is 0.123 e. The van der Waals surface area contributed by atoms with Crippen LogP contribution in [-0.2, 0) is 0 Å². The smallest absolute Gasteiger partial charge is 0.123 e. The molecule has 96 valence electrons. The molecule has 1 heterocycles. The van der Waals surface area contributed by atoms with E-state index >= 15 is 0 Å². The molecular weight excluding hydrogens is 245 g/mol. The van der Waals surface area contributed by atoms with E-state index < -0.39 is 0 Å². The average molecular weight is 263 g/mol. The molecule has 0 saturated heterocycles. The molecule has 1 aromatic heterocycles. The Kier molecular flexibility index (Phi) is 4.15. The molecule has 0 radical (unpaired) electrons. The lowest BCUT2D eigenvalue weighted by atomic mass is 10.0. The highest BCUT2D eigenvalue weighted by molar-refractivity contribution is 7.12. The maximum atomic E-state index is 13.4. The van der Waals surface area contributed by atoms with Crippen molar-refractivity contribution in [3.8, 4) is 0 Å². The van der Waals surface area contributed by atoms with Gasteiger partial charge in [0.2, 0.25) is 0 Å². The third-order valence-electron chi connectivity index (χ3n) is 2.93. The summed E-state index contributed by atoms with van der Waals surface area (Å²) in [6.07, 6.45) is 0. The van der Waals surface area contributed by atoms with Gasteiger partial charge in [-0.3, -0.25) is 0 Å². The van der Waals surface area contributed by atoms with E-state index in [1.165, 1.54) is 21.4 Å². The van der Waals surface area contributed by atoms with Gasteiger partial charge in [-0.15, -0.1) is 11.3 Å². The van der Waals surface area contributed by atoms with Crippen molar-refractivity contribution in [2.75, 3.05) is 6.54 Å². The molecule has 0 fully saturated rings. The van der Waals surface area contributed by atoms with Crippen molar-refractivity contribution in [2.45, 2.75) is 26.8 Å². The quantitative estimate of drug-likeness (QED) is 0.871. The molecule has 0 saturated carbocycles. The Bertz CT molecular complexity index is 533. The second kappa shape index (κ2) is 5.63. The molecule has 0 bridgehead atoms. The lowest BCUT2D eigenvalue weighted by Crippen LogP contribution is -2.21. The van der Waals surface area contributed by atoms with E-state index in [0.29, 0.717) is 0 Å². The van der Waals surface area contributed by atoms with Crippen molar-refractivity contribution in [1.29, 1.82) is 0 Å². The summed E-state index contributed by atoms with van der Waals surface area (Å²) in [4.78, 5) is 2.57. The third kappa shape index (κ3) is 2.79. The van der Waals surface area contributed by atoms with Gasteiger partial charge in [-0.25, -0.2) is 4.39 Å². The van der Waals surface area contributed by atoms with E-state index in [2.05, 4.69) is 32.2 Å². The van der Waals surface area contributed by atoms with Crippen LogP contribution in [0, 0.1) is 19.7 Å². The van der Waals surface area contributed by atoms with Crippen LogP contribution in [0.3, 0.4) is 0 Å². The predicted molar refractivity (Wildman–Crippen MR) is 75.7 cm³/mol. The summed E-state index contributed by atoms with van der Waals surface area (Å²) in [7, 11) is 0. The molecule has 1 N–H and O–H groups in total. The molecule has 1 nitrogen and oxygen atoms in total. The molecule has 0 amide bonds. The number of hydrogen-bond acceptors (Lipinski definition) is 2. The Morgan fingerprint density at radius 2 is 2.06 bits per heavy atom. The summed E-state index contributed by atoms with van der Waals surface area (Å²) in [5.74, 6) is -0.179. The number of benzene rings is 1. The Balaban J connectivity index is 2.42. The van der Waals surface area contributed by atoms with Crippen molar-refractivity contribution in [1.82, 2.24) is 5.32 Å². The standard InChI is InChI=1S/C15H18FNS/c1-4-17-14(12-6-5-7-13(16)9-12)15-10(2)8-11(3)18-15/h5-9,14,17H,4H2,1-3H3. The molecule has 2 aromatic rings. The minimum absolute atomic E-state index is 0.0874. The summed E-state index contributed by atoms with van der Waals surface area (Å²) in [6.45, 7) is 7.15. The topological polar surface area (TPSA) is 12.0 Å². The molecule has 1 atom stereocenters. The summed E-state index contributed by atoms with van der Waals surface area (Å²) < 4.78 is 13.4. The largest absolute Gasteiger partial charge is 0.306 e. The fourth-order valence-electron chi connectivity index (χ4n) is 2.20. The average Bonchev–Trinajstić information content (AvgIpc) is 2.65. The summed E-state index contributed by atoms with van der Waals surface area (Å²) >= 11 is 1.78. The molecular formula is C15H18FNS. The lowest BCUT2D eigenvalue weighted by molar-refractivity contribution is 0.606. The molecule has 1 unspecified atom stereocenters. The first-order valence-corrected chi connectivity index (χ1v) is 6.99. The van der Waals surface area contributed by atoms with Crippen LogP contribution in [0.2, 0.25) is 0 Å². The zero-order valence-electron chi connectivity index (χ0n) is 11.0. The highest BCUT2D eigenvalue weighted by atomic mass is 32.1. The second-order valence-electron chi connectivity index (χ2n) is 4.45. The number of rotatable bonds is 4. The van der Waals surface area contributed by atoms with E-state index in [9.17, 15) is 4.39 Å². The van der Waals surface area contributed by atoms with Gasteiger partial charge in [0.1, 0.15) is 5.82 Å². The van der Waals surface area contributed by atoms with Crippen LogP contribution in [0.15, 0.2) is 30.3 Å². The summed E-state index contributed by atoms with van der Waals surface area (Å²) in [5, 5.41) is 3.44. The van der Waals surface area contributed by atoms with Gasteiger partial charge in [0, 0.05) is 9.75 Å². The van der Waals surface area contributed by atoms with Gasteiger partial charge in [-0.05, 0) is 49.7 Å². The van der Waals surface area contributed by atoms with Crippen molar-refractivity contribution in [2.24, 2.45) is 0 Å². The van der Waals surface area contributed by atoms with Gasteiger partial charge in [0.25, 0.3) is 0 Å². The van der Waals surface area contributed by atoms with Crippen LogP contribution in [0.1, 0.15) is 33.8 Å². The van der Waals surface area contributed by atoms with E-state index in [1.807, 2.05) is 6.07 Å². The van der Waals surface area contributed by atoms with Gasteiger partial charge in [0.15, 0.2) is 0 Å². The molecule has 0 spiro atoms. The van der Waals surface area contributed by atoms with E-state index in [1.54, 1.807) is 23.5 Å². The predicted octanol–water partition coefficient (Wildman–Crippen LogP) is 4.20. The number of thiophene rings is 1. The Morgan fingerprint density at radius 1 is 1.28 bits per heavy atom. The molecule has 18 heavy (non-hydrogen) atoms. The van der Waals surface area contributed by atoms with Crippen LogP contribution in [0.5, 0.6) is 0 Å². The first-order chi connectivity index (χ1) is 8.61. The van der Waals surface area contributed by atoms with Gasteiger partial charge in [0.05, 0.1) is 6.04 Å². The van der Waals surface area contributed by atoms with E-state index in [0.717, 1.165) is 12.1 Å². The van der Waals surface area contributed by atoms with Gasteiger partial charge in [-0.2, -0.15) is 0 Å². The molecule has 0 aliphatic rings. The van der Waals surface area contributed by atoms with Gasteiger partial charge >= 0.3 is 0 Å².